The highest BCUT2D eigenvalue weighted by Crippen LogP contribution is 2.60. The minimum atomic E-state index is -0.365. The van der Waals surface area contributed by atoms with E-state index < -0.39 is 0 Å². The number of nitrogen functional groups attached to an aromatic ring is 1. The summed E-state index contributed by atoms with van der Waals surface area (Å²) in [7, 11) is 0. The summed E-state index contributed by atoms with van der Waals surface area (Å²) in [6, 6.07) is 9.68. The Bertz CT molecular complexity index is 1490. The Labute approximate surface area is 223 Å². The maximum atomic E-state index is 13.3. The number of aromatic nitrogens is 4. The van der Waals surface area contributed by atoms with Crippen molar-refractivity contribution in [3.63, 3.8) is 0 Å². The van der Waals surface area contributed by atoms with Gasteiger partial charge < -0.3 is 10.5 Å². The molecule has 0 amide bonds. The van der Waals surface area contributed by atoms with Crippen LogP contribution < -0.4 is 5.73 Å². The minimum absolute atomic E-state index is 0.301. The summed E-state index contributed by atoms with van der Waals surface area (Å²) < 4.78 is 9.69. The number of carbonyl (C=O) groups excluding carboxylic acids is 1. The van der Waals surface area contributed by atoms with Crippen molar-refractivity contribution in [2.45, 2.75) is 58.9 Å². The van der Waals surface area contributed by atoms with Gasteiger partial charge in [0.2, 0.25) is 0 Å². The van der Waals surface area contributed by atoms with Gasteiger partial charge in [-0.15, -0.1) is 0 Å². The van der Waals surface area contributed by atoms with Gasteiger partial charge in [0.1, 0.15) is 5.56 Å². The number of anilines is 1. The zero-order chi connectivity index (χ0) is 26.0. The average Bonchev–Trinajstić information content (AvgIpc) is 3.46. The Morgan fingerprint density at radius 1 is 1.03 bits per heavy atom. The molecule has 0 atom stereocenters. The predicted octanol–water partition coefficient (Wildman–Crippen LogP) is 6.15. The third-order valence-corrected chi connectivity index (χ3v) is 9.41. The topological polar surface area (TPSA) is 87.4 Å². The number of nitrogens with two attached hydrogens (primary N) is 1. The van der Waals surface area contributed by atoms with Crippen LogP contribution in [0.2, 0.25) is 0 Å². The van der Waals surface area contributed by atoms with Gasteiger partial charge in [0.15, 0.2) is 5.65 Å². The van der Waals surface area contributed by atoms with Crippen LogP contribution in [-0.2, 0) is 11.3 Å². The molecule has 0 aliphatic heterocycles. The first-order chi connectivity index (χ1) is 18.4. The van der Waals surface area contributed by atoms with Gasteiger partial charge in [-0.05, 0) is 93.7 Å². The molecular formula is C31H35N5O2. The molecule has 4 aliphatic rings. The minimum Gasteiger partial charge on any atom is -0.462 e. The molecule has 0 radical (unpaired) electrons. The molecule has 0 saturated heterocycles. The van der Waals surface area contributed by atoms with Crippen LogP contribution in [-0.4, -0.2) is 31.7 Å². The van der Waals surface area contributed by atoms with Crippen LogP contribution in [0.15, 0.2) is 48.9 Å². The summed E-state index contributed by atoms with van der Waals surface area (Å²) in [6.45, 7) is 5.24. The van der Waals surface area contributed by atoms with Gasteiger partial charge >= 0.3 is 5.97 Å². The number of pyridine rings is 1. The summed E-state index contributed by atoms with van der Waals surface area (Å²) in [5, 5.41) is 4.88. The molecule has 4 saturated carbocycles. The van der Waals surface area contributed by atoms with Crippen LogP contribution in [0.25, 0.3) is 28.0 Å². The SMILES string of the molecule is CCOC(=O)c1c(-c2cnn(CC34CC5CC(CC(C5)C3)C4)c2C)ccn2c(-c3ccc(N)cc3)cnc12. The van der Waals surface area contributed by atoms with Crippen LogP contribution >= 0.6 is 0 Å². The van der Waals surface area contributed by atoms with Crippen molar-refractivity contribution in [1.82, 2.24) is 19.2 Å². The van der Waals surface area contributed by atoms with Crippen molar-refractivity contribution in [2.75, 3.05) is 12.3 Å². The monoisotopic (exact) mass is 509 g/mol. The Balaban J connectivity index is 1.29. The molecular weight excluding hydrogens is 474 g/mol. The number of ether oxygens (including phenoxy) is 1. The molecule has 4 bridgehead atoms. The molecule has 38 heavy (non-hydrogen) atoms. The summed E-state index contributed by atoms with van der Waals surface area (Å²) in [5.74, 6) is 2.36. The number of hydrogen-bond donors (Lipinski definition) is 1. The largest absolute Gasteiger partial charge is 0.462 e. The molecule has 8 rings (SSSR count). The summed E-state index contributed by atoms with van der Waals surface area (Å²) in [5.41, 5.74) is 12.8. The molecule has 3 aromatic heterocycles. The van der Waals surface area contributed by atoms with Crippen LogP contribution in [0.5, 0.6) is 0 Å². The van der Waals surface area contributed by atoms with Crippen LogP contribution in [0.4, 0.5) is 5.69 Å². The number of esters is 1. The molecule has 4 aromatic rings. The van der Waals surface area contributed by atoms with E-state index in [9.17, 15) is 4.79 Å². The predicted molar refractivity (Wildman–Crippen MR) is 148 cm³/mol. The number of nitrogens with zero attached hydrogens (tertiary/aromatic N) is 4. The lowest BCUT2D eigenvalue weighted by atomic mass is 9.49. The molecule has 4 aliphatic carbocycles. The van der Waals surface area contributed by atoms with Crippen molar-refractivity contribution in [3.8, 4) is 22.4 Å². The quantitative estimate of drug-likeness (QED) is 0.249. The molecule has 3 heterocycles. The highest BCUT2D eigenvalue weighted by atomic mass is 16.5. The molecule has 1 aromatic carbocycles. The van der Waals surface area contributed by atoms with Gasteiger partial charge in [0.25, 0.3) is 0 Å². The number of rotatable bonds is 6. The second-order valence-corrected chi connectivity index (χ2v) is 12.0. The van der Waals surface area contributed by atoms with Crippen LogP contribution in [0, 0.1) is 30.1 Å². The van der Waals surface area contributed by atoms with Crippen LogP contribution in [0.3, 0.4) is 0 Å². The fourth-order valence-corrected chi connectivity index (χ4v) is 8.22. The lowest BCUT2D eigenvalue weighted by Crippen LogP contribution is -2.48. The Kier molecular flexibility index (Phi) is 5.39. The van der Waals surface area contributed by atoms with E-state index in [1.165, 1.54) is 38.5 Å². The third-order valence-electron chi connectivity index (χ3n) is 9.41. The Morgan fingerprint density at radius 3 is 2.37 bits per heavy atom. The normalized spacial score (nSPS) is 25.8. The Hall–Kier alpha value is -3.61. The van der Waals surface area contributed by atoms with E-state index in [0.717, 1.165) is 52.4 Å². The standard InChI is InChI=1S/C31H35N5O2/c1-3-38-30(37)28-25(8-9-35-27(17-33-29(28)35)23-4-6-24(32)7-5-23)26-16-34-36(19(26)2)18-31-13-20-10-21(14-31)12-22(11-20)15-31/h4-9,16-17,20-22H,3,10-15,18,32H2,1-2H3. The van der Waals surface area contributed by atoms with Gasteiger partial charge in [-0.1, -0.05) is 12.1 Å². The van der Waals surface area contributed by atoms with Crippen molar-refractivity contribution < 1.29 is 9.53 Å². The van der Waals surface area contributed by atoms with E-state index in [1.807, 2.05) is 54.0 Å². The summed E-state index contributed by atoms with van der Waals surface area (Å²) in [6.07, 6.45) is 14.1. The number of fused-ring (bicyclic) bond motifs is 1. The van der Waals surface area contributed by atoms with Crippen molar-refractivity contribution >= 4 is 17.3 Å². The first-order valence-electron chi connectivity index (χ1n) is 14.0. The first-order valence-corrected chi connectivity index (χ1v) is 14.0. The third kappa shape index (κ3) is 3.74. The molecule has 0 spiro atoms. The van der Waals surface area contributed by atoms with E-state index in [0.29, 0.717) is 28.9 Å². The molecule has 7 nitrogen and oxygen atoms in total. The van der Waals surface area contributed by atoms with E-state index in [2.05, 4.69) is 11.6 Å². The first kappa shape index (κ1) is 23.5. The smallest absolute Gasteiger partial charge is 0.342 e. The maximum absolute atomic E-state index is 13.3. The van der Waals surface area contributed by atoms with E-state index in [4.69, 9.17) is 20.6 Å². The second kappa shape index (κ2) is 8.72. The lowest BCUT2D eigenvalue weighted by Gasteiger charge is -2.56. The van der Waals surface area contributed by atoms with E-state index in [1.54, 1.807) is 6.20 Å². The van der Waals surface area contributed by atoms with Crippen molar-refractivity contribution in [2.24, 2.45) is 23.2 Å². The summed E-state index contributed by atoms with van der Waals surface area (Å²) >= 11 is 0. The molecule has 4 fully saturated rings. The zero-order valence-corrected chi connectivity index (χ0v) is 22.2. The van der Waals surface area contributed by atoms with E-state index in [-0.39, 0.29) is 5.97 Å². The highest BCUT2D eigenvalue weighted by molar-refractivity contribution is 6.03. The lowest BCUT2D eigenvalue weighted by molar-refractivity contribution is -0.0638. The van der Waals surface area contributed by atoms with E-state index >= 15 is 0 Å². The van der Waals surface area contributed by atoms with Gasteiger partial charge in [-0.25, -0.2) is 9.78 Å². The maximum Gasteiger partial charge on any atom is 0.342 e. The molecule has 7 heteroatoms. The molecule has 2 N–H and O–H groups in total. The highest BCUT2D eigenvalue weighted by Gasteiger charge is 2.51. The number of imidazole rings is 1. The fourth-order valence-electron chi connectivity index (χ4n) is 8.22. The molecule has 196 valence electrons. The van der Waals surface area contributed by atoms with Crippen molar-refractivity contribution in [1.29, 1.82) is 0 Å². The average molecular weight is 510 g/mol. The number of benzene rings is 1. The Morgan fingerprint density at radius 2 is 1.71 bits per heavy atom. The van der Waals surface area contributed by atoms with Gasteiger partial charge in [-0.2, -0.15) is 5.10 Å². The van der Waals surface area contributed by atoms with Crippen LogP contribution in [0.1, 0.15) is 61.5 Å². The zero-order valence-electron chi connectivity index (χ0n) is 22.2. The summed E-state index contributed by atoms with van der Waals surface area (Å²) in [4.78, 5) is 18.0. The number of carbonyl (C=O) groups is 1. The van der Waals surface area contributed by atoms with Gasteiger partial charge in [-0.3, -0.25) is 9.08 Å². The van der Waals surface area contributed by atoms with Gasteiger partial charge in [0, 0.05) is 40.8 Å². The van der Waals surface area contributed by atoms with Gasteiger partial charge in [0.05, 0.1) is 24.7 Å². The van der Waals surface area contributed by atoms with Crippen molar-refractivity contribution in [3.05, 3.63) is 60.2 Å². The second-order valence-electron chi connectivity index (χ2n) is 12.0. The molecule has 0 unspecified atom stereocenters. The number of hydrogen-bond acceptors (Lipinski definition) is 5. The fraction of sp³-hybridized carbons (Fsp3) is 0.452.